The molecule has 0 unspecified atom stereocenters. The first-order valence-corrected chi connectivity index (χ1v) is 10.3. The number of nitrogens with zero attached hydrogens (tertiary/aromatic N) is 2. The lowest BCUT2D eigenvalue weighted by atomic mass is 10.1. The van der Waals surface area contributed by atoms with Gasteiger partial charge in [0.05, 0.1) is 19.2 Å². The number of ether oxygens (including phenoxy) is 1. The maximum absolute atomic E-state index is 9.03. The summed E-state index contributed by atoms with van der Waals surface area (Å²) in [5.41, 5.74) is 4.71. The largest absolute Gasteiger partial charge is 0.508 e. The maximum Gasteiger partial charge on any atom is 0.120 e. The summed E-state index contributed by atoms with van der Waals surface area (Å²) in [6.45, 7) is 9.94. The van der Waals surface area contributed by atoms with E-state index in [1.807, 2.05) is 38.3 Å². The zero-order chi connectivity index (χ0) is 19.8. The molecular formula is C22H27IN2O2. The molecule has 2 aliphatic heterocycles. The number of phenolic OH excluding ortho intramolecular Hbond substituents is 1. The van der Waals surface area contributed by atoms with Gasteiger partial charge in [0.1, 0.15) is 11.5 Å². The van der Waals surface area contributed by atoms with Crippen molar-refractivity contribution in [3.8, 4) is 11.5 Å². The summed E-state index contributed by atoms with van der Waals surface area (Å²) in [5, 5.41) is 9.03. The minimum absolute atomic E-state index is 0.233. The third-order valence-electron chi connectivity index (χ3n) is 3.60. The molecular weight excluding hydrogens is 451 g/mol. The van der Waals surface area contributed by atoms with Crippen molar-refractivity contribution in [3.63, 3.8) is 0 Å². The van der Waals surface area contributed by atoms with Gasteiger partial charge in [-0.2, -0.15) is 0 Å². The third kappa shape index (κ3) is 7.33. The first kappa shape index (κ1) is 21.4. The Balaban J connectivity index is 0.000000166. The van der Waals surface area contributed by atoms with E-state index in [1.54, 1.807) is 18.3 Å². The highest BCUT2D eigenvalue weighted by molar-refractivity contribution is 14.1. The van der Waals surface area contributed by atoms with Crippen LogP contribution in [0.25, 0.3) is 0 Å². The highest BCUT2D eigenvalue weighted by atomic mass is 127. The number of hydrogen-bond donors (Lipinski definition) is 1. The van der Waals surface area contributed by atoms with Gasteiger partial charge < -0.3 is 9.84 Å². The average Bonchev–Trinajstić information content (AvgIpc) is 3.22. The number of benzene rings is 2. The maximum atomic E-state index is 9.03. The summed E-state index contributed by atoms with van der Waals surface area (Å²) in [6, 6.07) is 11.5. The van der Waals surface area contributed by atoms with E-state index >= 15 is 0 Å². The van der Waals surface area contributed by atoms with Gasteiger partial charge in [-0.05, 0) is 49.2 Å². The molecule has 4 nitrogen and oxygen atoms in total. The van der Waals surface area contributed by atoms with Crippen LogP contribution < -0.4 is 4.74 Å². The van der Waals surface area contributed by atoms with Gasteiger partial charge in [-0.25, -0.2) is 0 Å². The Kier molecular flexibility index (Phi) is 8.28. The van der Waals surface area contributed by atoms with E-state index in [1.165, 1.54) is 16.7 Å². The molecule has 0 bridgehead atoms. The number of aliphatic imine (C=N–C) groups is 2. The van der Waals surface area contributed by atoms with Crippen LogP contribution in [0.2, 0.25) is 0 Å². The number of aromatic hydroxyl groups is 1. The van der Waals surface area contributed by atoms with Crippen LogP contribution in [-0.4, -0.2) is 27.6 Å². The highest BCUT2D eigenvalue weighted by Gasteiger charge is 2.07. The predicted molar refractivity (Wildman–Crippen MR) is 122 cm³/mol. The van der Waals surface area contributed by atoms with E-state index in [0.29, 0.717) is 5.75 Å². The quantitative estimate of drug-likeness (QED) is 0.454. The Morgan fingerprint density at radius 3 is 1.96 bits per heavy atom. The SMILES string of the molecule is CC(C)I.CC(C)Oc1ccc2c(c1)C=NC2.Oc1ccc2c(c1)C=NC2. The Hall–Kier alpha value is -1.89. The average molecular weight is 478 g/mol. The molecule has 27 heavy (non-hydrogen) atoms. The summed E-state index contributed by atoms with van der Waals surface area (Å²) in [5.74, 6) is 1.24. The first-order chi connectivity index (χ1) is 12.8. The minimum Gasteiger partial charge on any atom is -0.508 e. The van der Waals surface area contributed by atoms with Gasteiger partial charge in [-0.3, -0.25) is 9.98 Å². The van der Waals surface area contributed by atoms with Crippen molar-refractivity contribution < 1.29 is 9.84 Å². The van der Waals surface area contributed by atoms with Crippen molar-refractivity contribution in [2.45, 2.75) is 50.8 Å². The second kappa shape index (κ2) is 10.4. The van der Waals surface area contributed by atoms with Crippen molar-refractivity contribution in [2.24, 2.45) is 9.98 Å². The van der Waals surface area contributed by atoms with Gasteiger partial charge >= 0.3 is 0 Å². The monoisotopic (exact) mass is 478 g/mol. The van der Waals surface area contributed by atoms with Crippen LogP contribution in [-0.2, 0) is 13.1 Å². The van der Waals surface area contributed by atoms with Crippen LogP contribution in [0, 0.1) is 0 Å². The molecule has 5 heteroatoms. The molecule has 0 amide bonds. The van der Waals surface area contributed by atoms with E-state index in [0.717, 1.165) is 28.3 Å². The summed E-state index contributed by atoms with van der Waals surface area (Å²) >= 11 is 2.34. The molecule has 0 saturated heterocycles. The molecule has 0 aliphatic carbocycles. The third-order valence-corrected chi connectivity index (χ3v) is 3.60. The summed E-state index contributed by atoms with van der Waals surface area (Å²) < 4.78 is 6.38. The fourth-order valence-electron chi connectivity index (χ4n) is 2.51. The molecule has 1 N–H and O–H groups in total. The molecule has 0 atom stereocenters. The Labute approximate surface area is 175 Å². The lowest BCUT2D eigenvalue weighted by Crippen LogP contribution is -2.05. The summed E-state index contributed by atoms with van der Waals surface area (Å²) in [7, 11) is 0. The zero-order valence-electron chi connectivity index (χ0n) is 16.3. The Morgan fingerprint density at radius 2 is 1.41 bits per heavy atom. The topological polar surface area (TPSA) is 54.2 Å². The zero-order valence-corrected chi connectivity index (χ0v) is 18.5. The normalized spacial score (nSPS) is 12.9. The second-order valence-electron chi connectivity index (χ2n) is 6.86. The highest BCUT2D eigenvalue weighted by Crippen LogP contribution is 2.21. The van der Waals surface area contributed by atoms with Crippen LogP contribution in [0.4, 0.5) is 0 Å². The number of fused-ring (bicyclic) bond motifs is 2. The van der Waals surface area contributed by atoms with Crippen molar-refractivity contribution in [1.82, 2.24) is 0 Å². The van der Waals surface area contributed by atoms with Gasteiger partial charge in [0.15, 0.2) is 0 Å². The number of rotatable bonds is 2. The lowest BCUT2D eigenvalue weighted by Gasteiger charge is -2.10. The molecule has 2 heterocycles. The molecule has 144 valence electrons. The van der Waals surface area contributed by atoms with E-state index in [2.05, 4.69) is 52.5 Å². The molecule has 0 fully saturated rings. The smallest absolute Gasteiger partial charge is 0.120 e. The molecule has 0 aromatic heterocycles. The van der Waals surface area contributed by atoms with E-state index in [9.17, 15) is 0 Å². The minimum atomic E-state index is 0.233. The van der Waals surface area contributed by atoms with Crippen molar-refractivity contribution in [2.75, 3.05) is 0 Å². The van der Waals surface area contributed by atoms with E-state index in [4.69, 9.17) is 9.84 Å². The summed E-state index contributed by atoms with van der Waals surface area (Å²) in [6.07, 6.45) is 3.92. The number of phenols is 1. The molecule has 0 saturated carbocycles. The number of alkyl halides is 1. The van der Waals surface area contributed by atoms with Gasteiger partial charge in [0, 0.05) is 27.5 Å². The molecule has 0 radical (unpaired) electrons. The Bertz CT molecular complexity index is 811. The molecule has 2 aliphatic rings. The Morgan fingerprint density at radius 1 is 0.889 bits per heavy atom. The van der Waals surface area contributed by atoms with Gasteiger partial charge in [0.25, 0.3) is 0 Å². The van der Waals surface area contributed by atoms with Crippen LogP contribution in [0.3, 0.4) is 0 Å². The fraction of sp³-hybridized carbons (Fsp3) is 0.364. The fourth-order valence-corrected chi connectivity index (χ4v) is 2.51. The van der Waals surface area contributed by atoms with E-state index in [-0.39, 0.29) is 6.10 Å². The standard InChI is InChI=1S/C11H13NO.C8H7NO.C3H7I/c1-8(2)13-11-4-3-9-6-12-7-10(9)5-11;10-8-2-1-6-4-9-5-7(6)3-8;1-3(2)4/h3-5,7-8H,6H2,1-2H3;1-3,5,10H,4H2;3H,1-2H3. The molecule has 2 aromatic carbocycles. The van der Waals surface area contributed by atoms with Gasteiger partial charge in [0.2, 0.25) is 0 Å². The van der Waals surface area contributed by atoms with Crippen molar-refractivity contribution in [1.29, 1.82) is 0 Å². The van der Waals surface area contributed by atoms with Crippen molar-refractivity contribution in [3.05, 3.63) is 58.7 Å². The first-order valence-electron chi connectivity index (χ1n) is 9.10. The van der Waals surface area contributed by atoms with E-state index < -0.39 is 0 Å². The number of halogens is 1. The molecule has 2 aromatic rings. The molecule has 0 spiro atoms. The van der Waals surface area contributed by atoms with Crippen LogP contribution in [0.15, 0.2) is 46.4 Å². The van der Waals surface area contributed by atoms with Crippen LogP contribution in [0.5, 0.6) is 11.5 Å². The van der Waals surface area contributed by atoms with Gasteiger partial charge in [-0.15, -0.1) is 0 Å². The lowest BCUT2D eigenvalue weighted by molar-refractivity contribution is 0.242. The van der Waals surface area contributed by atoms with Crippen LogP contribution >= 0.6 is 22.6 Å². The molecule has 4 rings (SSSR count). The van der Waals surface area contributed by atoms with Gasteiger partial charge in [-0.1, -0.05) is 48.6 Å². The van der Waals surface area contributed by atoms with Crippen molar-refractivity contribution >= 4 is 35.0 Å². The predicted octanol–water partition coefficient (Wildman–Crippen LogP) is 5.56. The van der Waals surface area contributed by atoms with Crippen LogP contribution in [0.1, 0.15) is 49.9 Å². The summed E-state index contributed by atoms with van der Waals surface area (Å²) in [4.78, 5) is 8.25. The second-order valence-corrected chi connectivity index (χ2v) is 9.35. The number of hydrogen-bond acceptors (Lipinski definition) is 4.